The van der Waals surface area contributed by atoms with Crippen molar-refractivity contribution in [3.05, 3.63) is 6.42 Å². The Balaban J connectivity index is 1.73. The molecule has 0 aromatic carbocycles. The minimum atomic E-state index is -3.07. The Kier molecular flexibility index (Phi) is 4.82. The first-order valence-electron chi connectivity index (χ1n) is 6.70. The van der Waals surface area contributed by atoms with Crippen LogP contribution in [0.25, 0.3) is 0 Å². The van der Waals surface area contributed by atoms with E-state index in [1.165, 1.54) is 12.8 Å². The van der Waals surface area contributed by atoms with E-state index in [4.69, 9.17) is 0 Å². The Morgan fingerprint density at radius 2 is 1.82 bits per heavy atom. The van der Waals surface area contributed by atoms with Crippen LogP contribution in [0.3, 0.4) is 0 Å². The van der Waals surface area contributed by atoms with Crippen molar-refractivity contribution in [2.75, 3.05) is 25.4 Å². The van der Waals surface area contributed by atoms with Crippen LogP contribution < -0.4 is 4.72 Å². The normalized spacial score (nSPS) is 24.2. The van der Waals surface area contributed by atoms with Gasteiger partial charge in [0.25, 0.3) is 0 Å². The topological polar surface area (TPSA) is 49.4 Å². The molecule has 0 bridgehead atoms. The van der Waals surface area contributed by atoms with Crippen molar-refractivity contribution in [1.82, 2.24) is 9.62 Å². The van der Waals surface area contributed by atoms with E-state index >= 15 is 0 Å². The number of hydrogen-bond donors (Lipinski definition) is 1. The van der Waals surface area contributed by atoms with Crippen LogP contribution in [-0.2, 0) is 10.0 Å². The Morgan fingerprint density at radius 3 is 2.47 bits per heavy atom. The summed E-state index contributed by atoms with van der Waals surface area (Å²) in [5, 5.41) is 0. The van der Waals surface area contributed by atoms with Gasteiger partial charge in [0.05, 0.1) is 5.75 Å². The Morgan fingerprint density at radius 1 is 1.18 bits per heavy atom. The Labute approximate surface area is 105 Å². The molecule has 0 spiro atoms. The molecule has 1 saturated carbocycles. The van der Waals surface area contributed by atoms with Crippen molar-refractivity contribution in [2.24, 2.45) is 0 Å². The highest BCUT2D eigenvalue weighted by Gasteiger charge is 2.21. The smallest absolute Gasteiger partial charge is 0.213 e. The average Bonchev–Trinajstić information content (AvgIpc) is 2.80. The summed E-state index contributed by atoms with van der Waals surface area (Å²) in [6, 6.07) is 0.170. The standard InChI is InChI=1S/C12H23N2O2S/c15-17(16,11-10-14-8-4-5-9-14)13-12-6-2-1-3-7-12/h1,12-13H,2-11H2. The second-order valence-electron chi connectivity index (χ2n) is 5.13. The first kappa shape index (κ1) is 13.3. The molecule has 0 aromatic rings. The second kappa shape index (κ2) is 6.16. The van der Waals surface area contributed by atoms with Crippen LogP contribution in [0.5, 0.6) is 0 Å². The summed E-state index contributed by atoms with van der Waals surface area (Å²) in [6.07, 6.45) is 8.68. The molecule has 2 rings (SSSR count). The van der Waals surface area contributed by atoms with Crippen LogP contribution in [0.2, 0.25) is 0 Å². The minimum absolute atomic E-state index is 0.170. The van der Waals surface area contributed by atoms with Crippen molar-refractivity contribution in [3.63, 3.8) is 0 Å². The number of sulfonamides is 1. The molecule has 0 aromatic heterocycles. The third kappa shape index (κ3) is 4.56. The monoisotopic (exact) mass is 259 g/mol. The molecule has 1 N–H and O–H groups in total. The quantitative estimate of drug-likeness (QED) is 0.806. The molecule has 0 amide bonds. The van der Waals surface area contributed by atoms with Gasteiger partial charge >= 0.3 is 0 Å². The molecule has 99 valence electrons. The highest BCUT2D eigenvalue weighted by atomic mass is 32.2. The summed E-state index contributed by atoms with van der Waals surface area (Å²) >= 11 is 0. The first-order valence-corrected chi connectivity index (χ1v) is 8.35. The molecule has 1 aliphatic carbocycles. The van der Waals surface area contributed by atoms with Gasteiger partial charge < -0.3 is 4.90 Å². The van der Waals surface area contributed by atoms with Crippen molar-refractivity contribution in [2.45, 2.75) is 44.6 Å². The van der Waals surface area contributed by atoms with E-state index < -0.39 is 10.0 Å². The molecule has 5 heteroatoms. The predicted octanol–water partition coefficient (Wildman–Crippen LogP) is 1.15. The van der Waals surface area contributed by atoms with Crippen LogP contribution in [0, 0.1) is 6.42 Å². The van der Waals surface area contributed by atoms with Crippen LogP contribution in [0.15, 0.2) is 0 Å². The predicted molar refractivity (Wildman–Crippen MR) is 69.2 cm³/mol. The molecule has 2 fully saturated rings. The zero-order chi connectivity index (χ0) is 12.1. The van der Waals surface area contributed by atoms with E-state index in [0.29, 0.717) is 6.54 Å². The molecule has 1 heterocycles. The lowest BCUT2D eigenvalue weighted by Crippen LogP contribution is -2.40. The summed E-state index contributed by atoms with van der Waals surface area (Å²) in [4.78, 5) is 2.24. The zero-order valence-corrected chi connectivity index (χ0v) is 11.2. The van der Waals surface area contributed by atoms with Gasteiger partial charge in [0.1, 0.15) is 0 Å². The summed E-state index contributed by atoms with van der Waals surface area (Å²) < 4.78 is 26.7. The summed E-state index contributed by atoms with van der Waals surface area (Å²) in [5.41, 5.74) is 0. The fourth-order valence-electron chi connectivity index (χ4n) is 2.61. The van der Waals surface area contributed by atoms with Crippen molar-refractivity contribution >= 4 is 10.0 Å². The fraction of sp³-hybridized carbons (Fsp3) is 0.917. The van der Waals surface area contributed by atoms with Crippen molar-refractivity contribution in [3.8, 4) is 0 Å². The van der Waals surface area contributed by atoms with Gasteiger partial charge in [0.15, 0.2) is 0 Å². The van der Waals surface area contributed by atoms with E-state index in [0.717, 1.165) is 38.8 Å². The maximum atomic E-state index is 11.9. The fourth-order valence-corrected chi connectivity index (χ4v) is 3.97. The molecule has 1 aliphatic heterocycles. The van der Waals surface area contributed by atoms with Crippen LogP contribution in [-0.4, -0.2) is 44.7 Å². The van der Waals surface area contributed by atoms with Gasteiger partial charge in [0.2, 0.25) is 10.0 Å². The maximum absolute atomic E-state index is 11.9. The minimum Gasteiger partial charge on any atom is -0.302 e. The Hall–Kier alpha value is -0.130. The lowest BCUT2D eigenvalue weighted by Gasteiger charge is -2.23. The van der Waals surface area contributed by atoms with Gasteiger partial charge in [-0.3, -0.25) is 0 Å². The van der Waals surface area contributed by atoms with E-state index in [1.807, 2.05) is 0 Å². The lowest BCUT2D eigenvalue weighted by molar-refractivity contribution is 0.357. The largest absolute Gasteiger partial charge is 0.302 e. The molecule has 1 radical (unpaired) electrons. The average molecular weight is 259 g/mol. The number of nitrogens with one attached hydrogen (secondary N) is 1. The molecule has 0 atom stereocenters. The van der Waals surface area contributed by atoms with Crippen molar-refractivity contribution < 1.29 is 8.42 Å². The summed E-state index contributed by atoms with van der Waals surface area (Å²) in [6.45, 7) is 2.82. The number of rotatable bonds is 5. The molecular formula is C12H23N2O2S. The Bertz CT molecular complexity index is 317. The van der Waals surface area contributed by atoms with E-state index in [2.05, 4.69) is 16.0 Å². The highest BCUT2D eigenvalue weighted by molar-refractivity contribution is 7.89. The number of hydrogen-bond acceptors (Lipinski definition) is 3. The second-order valence-corrected chi connectivity index (χ2v) is 7.00. The third-order valence-electron chi connectivity index (χ3n) is 3.66. The molecule has 17 heavy (non-hydrogen) atoms. The van der Waals surface area contributed by atoms with Crippen LogP contribution in [0.4, 0.5) is 0 Å². The number of likely N-dealkylation sites (tertiary alicyclic amines) is 1. The third-order valence-corrected chi connectivity index (χ3v) is 5.07. The van der Waals surface area contributed by atoms with Crippen LogP contribution >= 0.6 is 0 Å². The summed E-state index contributed by atoms with van der Waals surface area (Å²) in [7, 11) is -3.07. The van der Waals surface area contributed by atoms with Crippen molar-refractivity contribution in [1.29, 1.82) is 0 Å². The van der Waals surface area contributed by atoms with Crippen LogP contribution in [0.1, 0.15) is 38.5 Å². The SMILES string of the molecule is O=S(=O)(CCN1CCCC1)NC1CC[CH]CC1. The first-order chi connectivity index (χ1) is 8.16. The van der Waals surface area contributed by atoms with Gasteiger partial charge in [-0.05, 0) is 58.0 Å². The molecule has 1 saturated heterocycles. The maximum Gasteiger partial charge on any atom is 0.213 e. The van der Waals surface area contributed by atoms with Gasteiger partial charge in [-0.2, -0.15) is 0 Å². The lowest BCUT2D eigenvalue weighted by atomic mass is 9.96. The zero-order valence-electron chi connectivity index (χ0n) is 10.4. The van der Waals surface area contributed by atoms with Gasteiger partial charge in [0, 0.05) is 12.6 Å². The number of nitrogens with zero attached hydrogens (tertiary/aromatic N) is 1. The highest BCUT2D eigenvalue weighted by Crippen LogP contribution is 2.17. The van der Waals surface area contributed by atoms with E-state index in [1.54, 1.807) is 0 Å². The van der Waals surface area contributed by atoms with Gasteiger partial charge in [-0.25, -0.2) is 13.1 Å². The van der Waals surface area contributed by atoms with E-state index in [-0.39, 0.29) is 11.8 Å². The molecule has 2 aliphatic rings. The summed E-state index contributed by atoms with van der Waals surface area (Å²) in [5.74, 6) is 0.257. The van der Waals surface area contributed by atoms with Gasteiger partial charge in [-0.1, -0.05) is 0 Å². The van der Waals surface area contributed by atoms with E-state index in [9.17, 15) is 8.42 Å². The molecule has 0 unspecified atom stereocenters. The van der Waals surface area contributed by atoms with Gasteiger partial charge in [-0.15, -0.1) is 0 Å². The molecule has 4 nitrogen and oxygen atoms in total. The molecular weight excluding hydrogens is 236 g/mol.